The molecular weight excluding hydrogens is 236 g/mol. The Morgan fingerprint density at radius 1 is 1.32 bits per heavy atom. The second-order valence-electron chi connectivity index (χ2n) is 5.27. The molecule has 0 amide bonds. The minimum absolute atomic E-state index is 0.577. The Balaban J connectivity index is 2.18. The highest BCUT2D eigenvalue weighted by Gasteiger charge is 2.23. The molecule has 0 aromatic carbocycles. The minimum atomic E-state index is 0.577. The van der Waals surface area contributed by atoms with E-state index in [9.17, 15) is 0 Å². The van der Waals surface area contributed by atoms with E-state index < -0.39 is 0 Å². The van der Waals surface area contributed by atoms with E-state index in [2.05, 4.69) is 40.1 Å². The van der Waals surface area contributed by atoms with E-state index in [1.54, 1.807) is 0 Å². The van der Waals surface area contributed by atoms with Crippen LogP contribution in [0.15, 0.2) is 6.07 Å². The number of likely N-dealkylation sites (N-methyl/N-ethyl adjacent to an activating group) is 1. The van der Waals surface area contributed by atoms with Crippen molar-refractivity contribution in [3.05, 3.63) is 17.6 Å². The zero-order valence-corrected chi connectivity index (χ0v) is 12.4. The fourth-order valence-corrected chi connectivity index (χ4v) is 2.77. The van der Waals surface area contributed by atoms with Crippen LogP contribution in [-0.2, 0) is 6.42 Å². The maximum atomic E-state index is 4.65. The lowest BCUT2D eigenvalue weighted by molar-refractivity contribution is 0.436. The summed E-state index contributed by atoms with van der Waals surface area (Å²) >= 11 is 0. The number of piperidine rings is 1. The smallest absolute Gasteiger partial charge is 0.132 e. The van der Waals surface area contributed by atoms with Gasteiger partial charge in [0.2, 0.25) is 0 Å². The zero-order valence-electron chi connectivity index (χ0n) is 12.4. The molecule has 0 aliphatic carbocycles. The molecule has 1 unspecified atom stereocenters. The van der Waals surface area contributed by atoms with Crippen LogP contribution >= 0.6 is 0 Å². The van der Waals surface area contributed by atoms with Gasteiger partial charge < -0.3 is 10.2 Å². The maximum Gasteiger partial charge on any atom is 0.132 e. The molecule has 1 aromatic heterocycles. The van der Waals surface area contributed by atoms with Crippen molar-refractivity contribution in [3.8, 4) is 0 Å². The first-order chi connectivity index (χ1) is 9.24. The van der Waals surface area contributed by atoms with E-state index in [1.807, 2.05) is 6.92 Å². The van der Waals surface area contributed by atoms with Gasteiger partial charge in [-0.3, -0.25) is 0 Å². The van der Waals surface area contributed by atoms with Crippen molar-refractivity contribution < 1.29 is 0 Å². The molecule has 1 aliphatic heterocycles. The van der Waals surface area contributed by atoms with E-state index in [0.29, 0.717) is 6.04 Å². The topological polar surface area (TPSA) is 41.0 Å². The summed E-state index contributed by atoms with van der Waals surface area (Å²) < 4.78 is 0. The van der Waals surface area contributed by atoms with Gasteiger partial charge in [-0.25, -0.2) is 9.97 Å². The van der Waals surface area contributed by atoms with Gasteiger partial charge in [0.1, 0.15) is 11.6 Å². The molecule has 2 rings (SSSR count). The quantitative estimate of drug-likeness (QED) is 0.884. The highest BCUT2D eigenvalue weighted by atomic mass is 15.2. The summed E-state index contributed by atoms with van der Waals surface area (Å²) in [5.41, 5.74) is 1.15. The van der Waals surface area contributed by atoms with Crippen molar-refractivity contribution in [2.24, 2.45) is 0 Å². The summed E-state index contributed by atoms with van der Waals surface area (Å²) in [6.45, 7) is 9.52. The molecule has 1 fully saturated rings. The van der Waals surface area contributed by atoms with Crippen LogP contribution in [0, 0.1) is 6.92 Å². The van der Waals surface area contributed by atoms with Crippen molar-refractivity contribution in [2.75, 3.05) is 24.5 Å². The standard InChI is InChI=1S/C15H26N4/c1-4-13-10-15(18-12(3)17-13)19-9-7-6-8-14(19)11-16-5-2/h10,14,16H,4-9,11H2,1-3H3. The third kappa shape index (κ3) is 3.66. The number of aromatic nitrogens is 2. The van der Waals surface area contributed by atoms with Crippen LogP contribution in [0.25, 0.3) is 0 Å². The first-order valence-electron chi connectivity index (χ1n) is 7.56. The Hall–Kier alpha value is -1.16. The largest absolute Gasteiger partial charge is 0.352 e. The number of nitrogens with zero attached hydrogens (tertiary/aromatic N) is 3. The number of hydrogen-bond acceptors (Lipinski definition) is 4. The second kappa shape index (κ2) is 6.85. The Bertz CT molecular complexity index is 405. The minimum Gasteiger partial charge on any atom is -0.352 e. The second-order valence-corrected chi connectivity index (χ2v) is 5.27. The Morgan fingerprint density at radius 2 is 2.16 bits per heavy atom. The summed E-state index contributed by atoms with van der Waals surface area (Å²) in [5.74, 6) is 2.01. The highest BCUT2D eigenvalue weighted by Crippen LogP contribution is 2.23. The van der Waals surface area contributed by atoms with Crippen molar-refractivity contribution >= 4 is 5.82 Å². The average molecular weight is 262 g/mol. The molecule has 1 saturated heterocycles. The van der Waals surface area contributed by atoms with Crippen LogP contribution in [0.4, 0.5) is 5.82 Å². The highest BCUT2D eigenvalue weighted by molar-refractivity contribution is 5.42. The third-order valence-electron chi connectivity index (χ3n) is 3.79. The summed E-state index contributed by atoms with van der Waals surface area (Å²) in [7, 11) is 0. The fourth-order valence-electron chi connectivity index (χ4n) is 2.77. The Kier molecular flexibility index (Phi) is 5.14. The molecule has 1 atom stereocenters. The van der Waals surface area contributed by atoms with Gasteiger partial charge in [0.15, 0.2) is 0 Å². The van der Waals surface area contributed by atoms with Gasteiger partial charge in [0.05, 0.1) is 0 Å². The fraction of sp³-hybridized carbons (Fsp3) is 0.733. The number of hydrogen-bond donors (Lipinski definition) is 1. The van der Waals surface area contributed by atoms with Crippen molar-refractivity contribution in [1.82, 2.24) is 15.3 Å². The monoisotopic (exact) mass is 262 g/mol. The van der Waals surface area contributed by atoms with E-state index >= 15 is 0 Å². The molecule has 0 saturated carbocycles. The summed E-state index contributed by atoms with van der Waals surface area (Å²) in [6.07, 6.45) is 4.84. The molecule has 1 N–H and O–H groups in total. The third-order valence-corrected chi connectivity index (χ3v) is 3.79. The van der Waals surface area contributed by atoms with Gasteiger partial charge in [-0.2, -0.15) is 0 Å². The van der Waals surface area contributed by atoms with Gasteiger partial charge in [0.25, 0.3) is 0 Å². The normalized spacial score (nSPS) is 19.7. The molecule has 1 aliphatic rings. The molecule has 0 bridgehead atoms. The molecule has 1 aromatic rings. The molecule has 0 spiro atoms. The van der Waals surface area contributed by atoms with E-state index in [0.717, 1.165) is 43.4 Å². The Morgan fingerprint density at radius 3 is 2.89 bits per heavy atom. The summed E-state index contributed by atoms with van der Waals surface area (Å²) in [5, 5.41) is 3.48. The van der Waals surface area contributed by atoms with Gasteiger partial charge in [-0.05, 0) is 39.2 Å². The molecular formula is C15H26N4. The summed E-state index contributed by atoms with van der Waals surface area (Å²) in [6, 6.07) is 2.74. The van der Waals surface area contributed by atoms with Crippen LogP contribution in [0.2, 0.25) is 0 Å². The van der Waals surface area contributed by atoms with Gasteiger partial charge in [-0.1, -0.05) is 13.8 Å². The lowest BCUT2D eigenvalue weighted by atomic mass is 10.0. The predicted molar refractivity (Wildman–Crippen MR) is 79.7 cm³/mol. The molecule has 106 valence electrons. The SMILES string of the molecule is CCNCC1CCCCN1c1cc(CC)nc(C)n1. The van der Waals surface area contributed by atoms with Gasteiger partial charge >= 0.3 is 0 Å². The van der Waals surface area contributed by atoms with Crippen LogP contribution in [0.3, 0.4) is 0 Å². The first kappa shape index (κ1) is 14.3. The van der Waals surface area contributed by atoms with E-state index in [-0.39, 0.29) is 0 Å². The van der Waals surface area contributed by atoms with Gasteiger partial charge in [0, 0.05) is 30.9 Å². The zero-order chi connectivity index (χ0) is 13.7. The number of aryl methyl sites for hydroxylation is 2. The number of rotatable bonds is 5. The van der Waals surface area contributed by atoms with Crippen LogP contribution < -0.4 is 10.2 Å². The lowest BCUT2D eigenvalue weighted by Gasteiger charge is -2.37. The van der Waals surface area contributed by atoms with Crippen molar-refractivity contribution in [3.63, 3.8) is 0 Å². The number of nitrogens with one attached hydrogen (secondary N) is 1. The first-order valence-corrected chi connectivity index (χ1v) is 7.56. The average Bonchev–Trinajstić information content (AvgIpc) is 2.44. The lowest BCUT2D eigenvalue weighted by Crippen LogP contribution is -2.46. The molecule has 4 nitrogen and oxygen atoms in total. The number of anilines is 1. The molecule has 0 radical (unpaired) electrons. The molecule has 4 heteroatoms. The maximum absolute atomic E-state index is 4.65. The van der Waals surface area contributed by atoms with Crippen LogP contribution in [-0.4, -0.2) is 35.6 Å². The summed E-state index contributed by atoms with van der Waals surface area (Å²) in [4.78, 5) is 11.6. The van der Waals surface area contributed by atoms with E-state index in [4.69, 9.17) is 0 Å². The molecule has 2 heterocycles. The van der Waals surface area contributed by atoms with Crippen LogP contribution in [0.1, 0.15) is 44.6 Å². The van der Waals surface area contributed by atoms with Crippen LogP contribution in [0.5, 0.6) is 0 Å². The van der Waals surface area contributed by atoms with Crippen molar-refractivity contribution in [2.45, 2.75) is 52.5 Å². The Labute approximate surface area is 116 Å². The predicted octanol–water partition coefficient (Wildman–Crippen LogP) is 2.32. The molecule has 19 heavy (non-hydrogen) atoms. The van der Waals surface area contributed by atoms with Crippen molar-refractivity contribution in [1.29, 1.82) is 0 Å². The van der Waals surface area contributed by atoms with Gasteiger partial charge in [-0.15, -0.1) is 0 Å². The van der Waals surface area contributed by atoms with E-state index in [1.165, 1.54) is 19.3 Å².